The average Bonchev–Trinajstić information content (AvgIpc) is 3.18. The molecule has 0 unspecified atom stereocenters. The number of rotatable bonds is 7. The fourth-order valence-electron chi connectivity index (χ4n) is 3.07. The fourth-order valence-corrected chi connectivity index (χ4v) is 5.36. The third-order valence-corrected chi connectivity index (χ3v) is 6.84. The number of aryl methyl sites for hydroxylation is 1. The summed E-state index contributed by atoms with van der Waals surface area (Å²) in [6.45, 7) is 3.53. The lowest BCUT2D eigenvalue weighted by Gasteiger charge is -2.19. The van der Waals surface area contributed by atoms with Gasteiger partial charge in [-0.3, -0.25) is 0 Å². The average molecular weight is 451 g/mol. The van der Waals surface area contributed by atoms with Crippen LogP contribution in [0, 0.1) is 0 Å². The van der Waals surface area contributed by atoms with Crippen molar-refractivity contribution in [2.45, 2.75) is 42.7 Å². The Morgan fingerprint density at radius 2 is 2.14 bits per heavy atom. The zero-order valence-electron chi connectivity index (χ0n) is 15.6. The topological polar surface area (TPSA) is 24.5 Å². The van der Waals surface area contributed by atoms with E-state index in [1.54, 1.807) is 0 Å². The van der Waals surface area contributed by atoms with Crippen molar-refractivity contribution in [2.24, 2.45) is 0 Å². The van der Waals surface area contributed by atoms with Crippen LogP contribution < -0.4 is 9.46 Å². The molecule has 1 saturated heterocycles. The van der Waals surface area contributed by atoms with E-state index in [1.165, 1.54) is 35.4 Å². The highest BCUT2D eigenvalue weighted by molar-refractivity contribution is 8.02. The number of nitrogens with one attached hydrogen (secondary N) is 1. The number of benzene rings is 1. The van der Waals surface area contributed by atoms with Gasteiger partial charge in [-0.2, -0.15) is 13.2 Å². The molecule has 1 atom stereocenters. The second kappa shape index (κ2) is 9.15. The number of ether oxygens (including phenoxy) is 1. The number of alkyl halides is 3. The second-order valence-electron chi connectivity index (χ2n) is 6.82. The van der Waals surface area contributed by atoms with Crippen molar-refractivity contribution in [1.29, 1.82) is 0 Å². The molecule has 3 nitrogen and oxygen atoms in total. The number of likely N-dealkylation sites (N-methyl/N-ethyl adjacent to an activating group) is 1. The third-order valence-electron chi connectivity index (χ3n) is 4.45. The smallest absolute Gasteiger partial charge is 0.419 e. The normalized spacial score (nSPS) is 17.9. The SMILES string of the molecule is CCCc1cc(SNc2ccc(C(F)(F)F)c(O[C@@H]3CCN(C)C3)c2)sc1Cl. The van der Waals surface area contributed by atoms with Gasteiger partial charge in [0, 0.05) is 24.8 Å². The number of likely N-dealkylation sites (tertiary alicyclic amines) is 1. The van der Waals surface area contributed by atoms with Crippen molar-refractivity contribution < 1.29 is 17.9 Å². The molecule has 1 fully saturated rings. The summed E-state index contributed by atoms with van der Waals surface area (Å²) < 4.78 is 50.7. The largest absolute Gasteiger partial charge is 0.488 e. The molecule has 1 aromatic heterocycles. The highest BCUT2D eigenvalue weighted by Crippen LogP contribution is 2.40. The first kappa shape index (κ1) is 21.6. The molecule has 0 spiro atoms. The van der Waals surface area contributed by atoms with Crippen molar-refractivity contribution in [3.8, 4) is 5.75 Å². The standard InChI is InChI=1S/C19H22ClF3N2OS2/c1-3-4-12-9-17(27-18(12)20)28-24-13-5-6-15(19(21,22)23)16(10-13)26-14-7-8-25(2)11-14/h5-6,9-10,14,24H,3-4,7-8,11H2,1-2H3/t14-/m1/s1. The Labute approximate surface area is 176 Å². The minimum absolute atomic E-state index is 0.130. The summed E-state index contributed by atoms with van der Waals surface area (Å²) in [5.74, 6) is -0.130. The summed E-state index contributed by atoms with van der Waals surface area (Å²) in [4.78, 5) is 2.05. The molecule has 28 heavy (non-hydrogen) atoms. The minimum Gasteiger partial charge on any atom is -0.488 e. The Morgan fingerprint density at radius 3 is 2.79 bits per heavy atom. The summed E-state index contributed by atoms with van der Waals surface area (Å²) >= 11 is 9.04. The van der Waals surface area contributed by atoms with Gasteiger partial charge in [0.05, 0.1) is 14.1 Å². The maximum Gasteiger partial charge on any atom is 0.419 e. The van der Waals surface area contributed by atoms with E-state index in [0.29, 0.717) is 18.7 Å². The van der Waals surface area contributed by atoms with Crippen molar-refractivity contribution >= 4 is 40.6 Å². The Kier molecular flexibility index (Phi) is 7.07. The molecule has 2 heterocycles. The third kappa shape index (κ3) is 5.49. The number of halogens is 4. The summed E-state index contributed by atoms with van der Waals surface area (Å²) in [7, 11) is 1.93. The zero-order chi connectivity index (χ0) is 20.3. The van der Waals surface area contributed by atoms with Crippen LogP contribution >= 0.6 is 34.9 Å². The molecule has 1 aromatic carbocycles. The Morgan fingerprint density at radius 1 is 1.36 bits per heavy atom. The molecule has 0 radical (unpaired) electrons. The lowest BCUT2D eigenvalue weighted by atomic mass is 10.1. The summed E-state index contributed by atoms with van der Waals surface area (Å²) in [6.07, 6.45) is -2.06. The molecule has 0 aliphatic carbocycles. The Bertz CT molecular complexity index is 813. The molecule has 2 aromatic rings. The molecular formula is C19H22ClF3N2OS2. The van der Waals surface area contributed by atoms with Gasteiger partial charge in [-0.1, -0.05) is 24.9 Å². The number of thiophene rings is 1. The zero-order valence-corrected chi connectivity index (χ0v) is 18.0. The van der Waals surface area contributed by atoms with E-state index >= 15 is 0 Å². The van der Waals surface area contributed by atoms with Crippen LogP contribution in [0.2, 0.25) is 4.34 Å². The monoisotopic (exact) mass is 450 g/mol. The molecule has 1 N–H and O–H groups in total. The van der Waals surface area contributed by atoms with E-state index in [1.807, 2.05) is 18.0 Å². The van der Waals surface area contributed by atoms with Gasteiger partial charge in [-0.05, 0) is 55.6 Å². The Hall–Kier alpha value is -1.09. The van der Waals surface area contributed by atoms with Crippen LogP contribution in [0.25, 0.3) is 0 Å². The Balaban J connectivity index is 1.74. The van der Waals surface area contributed by atoms with Crippen LogP contribution in [0.1, 0.15) is 30.9 Å². The summed E-state index contributed by atoms with van der Waals surface area (Å²) in [6, 6.07) is 5.94. The summed E-state index contributed by atoms with van der Waals surface area (Å²) in [5.41, 5.74) is 0.906. The van der Waals surface area contributed by atoms with Gasteiger partial charge in [0.15, 0.2) is 0 Å². The van der Waals surface area contributed by atoms with E-state index in [2.05, 4.69) is 11.6 Å². The van der Waals surface area contributed by atoms with Gasteiger partial charge in [-0.15, -0.1) is 11.3 Å². The number of nitrogens with zero attached hydrogens (tertiary/aromatic N) is 1. The fraction of sp³-hybridized carbons (Fsp3) is 0.474. The van der Waals surface area contributed by atoms with Crippen LogP contribution in [0.15, 0.2) is 28.5 Å². The van der Waals surface area contributed by atoms with Gasteiger partial charge in [0.1, 0.15) is 11.9 Å². The second-order valence-corrected chi connectivity index (χ2v) is 9.58. The first-order chi connectivity index (χ1) is 13.3. The summed E-state index contributed by atoms with van der Waals surface area (Å²) in [5, 5.41) is 0. The predicted molar refractivity (Wildman–Crippen MR) is 111 cm³/mol. The van der Waals surface area contributed by atoms with Gasteiger partial charge >= 0.3 is 6.18 Å². The first-order valence-corrected chi connectivity index (χ1v) is 11.0. The maximum atomic E-state index is 13.4. The molecule has 0 bridgehead atoms. The lowest BCUT2D eigenvalue weighted by molar-refractivity contribution is -0.139. The molecule has 0 saturated carbocycles. The van der Waals surface area contributed by atoms with Crippen molar-refractivity contribution in [3.05, 3.63) is 39.7 Å². The van der Waals surface area contributed by atoms with Gasteiger partial charge < -0.3 is 14.4 Å². The van der Waals surface area contributed by atoms with Crippen LogP contribution in [0.5, 0.6) is 5.75 Å². The van der Waals surface area contributed by atoms with Crippen LogP contribution in [-0.4, -0.2) is 31.1 Å². The number of hydrogen-bond acceptors (Lipinski definition) is 5. The van der Waals surface area contributed by atoms with Crippen molar-refractivity contribution in [3.63, 3.8) is 0 Å². The van der Waals surface area contributed by atoms with Crippen LogP contribution in [-0.2, 0) is 12.6 Å². The van der Waals surface area contributed by atoms with Crippen LogP contribution in [0.4, 0.5) is 18.9 Å². The van der Waals surface area contributed by atoms with E-state index < -0.39 is 11.7 Å². The van der Waals surface area contributed by atoms with Crippen molar-refractivity contribution in [2.75, 3.05) is 24.9 Å². The molecule has 1 aliphatic rings. The minimum atomic E-state index is -4.46. The quantitative estimate of drug-likeness (QED) is 0.482. The number of anilines is 1. The van der Waals surface area contributed by atoms with Crippen molar-refractivity contribution in [1.82, 2.24) is 4.90 Å². The first-order valence-electron chi connectivity index (χ1n) is 9.03. The van der Waals surface area contributed by atoms with Gasteiger partial charge in [0.2, 0.25) is 0 Å². The van der Waals surface area contributed by atoms with E-state index in [-0.39, 0.29) is 11.9 Å². The maximum absolute atomic E-state index is 13.4. The molecule has 1 aliphatic heterocycles. The predicted octanol–water partition coefficient (Wildman–Crippen LogP) is 6.57. The van der Waals surface area contributed by atoms with E-state index in [4.69, 9.17) is 16.3 Å². The highest BCUT2D eigenvalue weighted by atomic mass is 35.5. The van der Waals surface area contributed by atoms with Gasteiger partial charge in [0.25, 0.3) is 0 Å². The molecule has 154 valence electrons. The van der Waals surface area contributed by atoms with Gasteiger partial charge in [-0.25, -0.2) is 0 Å². The number of hydrogen-bond donors (Lipinski definition) is 1. The van der Waals surface area contributed by atoms with E-state index in [9.17, 15) is 13.2 Å². The highest BCUT2D eigenvalue weighted by Gasteiger charge is 2.35. The lowest BCUT2D eigenvalue weighted by Crippen LogP contribution is -2.22. The van der Waals surface area contributed by atoms with E-state index in [0.717, 1.165) is 39.6 Å². The molecular weight excluding hydrogens is 429 g/mol. The molecule has 9 heteroatoms. The van der Waals surface area contributed by atoms with Crippen LogP contribution in [0.3, 0.4) is 0 Å². The molecule has 3 rings (SSSR count). The molecule has 0 amide bonds.